The van der Waals surface area contributed by atoms with Crippen LogP contribution in [0.3, 0.4) is 0 Å². The molecule has 1 aliphatic rings. The van der Waals surface area contributed by atoms with E-state index in [1.807, 2.05) is 5.32 Å². The summed E-state index contributed by atoms with van der Waals surface area (Å²) in [5.74, 6) is -1.69. The van der Waals surface area contributed by atoms with Crippen LogP contribution >= 0.6 is 0 Å². The first-order chi connectivity index (χ1) is 9.26. The number of nitrogens with one attached hydrogen (secondary N) is 2. The maximum Gasteiger partial charge on any atom is 0.252 e. The van der Waals surface area contributed by atoms with Gasteiger partial charge in [0.2, 0.25) is 5.91 Å². The van der Waals surface area contributed by atoms with Crippen LogP contribution in [-0.4, -0.2) is 29.9 Å². The first-order valence-electron chi connectivity index (χ1n) is 6.50. The average Bonchev–Trinajstić information content (AvgIpc) is 3.05. The molecule has 2 rings (SSSR count). The van der Waals surface area contributed by atoms with E-state index in [2.05, 4.69) is 10.3 Å². The van der Waals surface area contributed by atoms with Crippen molar-refractivity contribution in [1.82, 2.24) is 10.3 Å². The molecule has 0 saturated heterocycles. The lowest BCUT2D eigenvalue weighted by atomic mass is 10.2. The largest absolute Gasteiger partial charge is 0.355 e. The lowest BCUT2D eigenvalue weighted by Gasteiger charge is -2.04. The number of carbonyl (C=O) groups is 2. The van der Waals surface area contributed by atoms with Crippen LogP contribution in [0.1, 0.15) is 20.9 Å². The van der Waals surface area contributed by atoms with E-state index in [4.69, 9.17) is 4.11 Å². The van der Waals surface area contributed by atoms with Crippen molar-refractivity contribution in [3.8, 4) is 0 Å². The van der Waals surface area contributed by atoms with E-state index in [9.17, 15) is 14.0 Å². The van der Waals surface area contributed by atoms with Crippen LogP contribution in [0, 0.1) is 5.92 Å². The highest BCUT2D eigenvalue weighted by molar-refractivity contribution is 5.95. The summed E-state index contributed by atoms with van der Waals surface area (Å²) < 4.78 is 33.4. The SMILES string of the molecule is [2H]C([2H])([2H])NC(=O)c1ccc(NC(=O)[C@@H]2C[C@@H]2F)nc1. The van der Waals surface area contributed by atoms with Gasteiger partial charge in [-0.15, -0.1) is 0 Å². The number of pyridine rings is 1. The number of hydrogen-bond acceptors (Lipinski definition) is 3. The Morgan fingerprint density at radius 2 is 2.35 bits per heavy atom. The highest BCUT2D eigenvalue weighted by Gasteiger charge is 2.43. The predicted octanol–water partition coefficient (Wildman–Crippen LogP) is 0.738. The number of rotatable bonds is 3. The Balaban J connectivity index is 1.96. The highest BCUT2D eigenvalue weighted by atomic mass is 19.1. The second-order valence-corrected chi connectivity index (χ2v) is 3.73. The first kappa shape index (κ1) is 8.16. The molecule has 0 aromatic carbocycles. The molecule has 1 aromatic rings. The number of aromatic nitrogens is 1. The van der Waals surface area contributed by atoms with Gasteiger partial charge in [0, 0.05) is 17.3 Å². The van der Waals surface area contributed by atoms with Crippen LogP contribution in [0.25, 0.3) is 0 Å². The molecule has 1 fully saturated rings. The summed E-state index contributed by atoms with van der Waals surface area (Å²) >= 11 is 0. The van der Waals surface area contributed by atoms with E-state index in [-0.39, 0.29) is 17.8 Å². The van der Waals surface area contributed by atoms with Crippen LogP contribution in [0.4, 0.5) is 10.2 Å². The fraction of sp³-hybridized carbons (Fsp3) is 0.364. The summed E-state index contributed by atoms with van der Waals surface area (Å²) in [6, 6.07) is 2.67. The topological polar surface area (TPSA) is 71.1 Å². The summed E-state index contributed by atoms with van der Waals surface area (Å²) in [6.45, 7) is -2.58. The third kappa shape index (κ3) is 2.58. The Labute approximate surface area is 102 Å². The van der Waals surface area contributed by atoms with E-state index < -0.39 is 30.9 Å². The minimum Gasteiger partial charge on any atom is -0.355 e. The first-order valence-corrected chi connectivity index (χ1v) is 5.00. The molecule has 17 heavy (non-hydrogen) atoms. The maximum atomic E-state index is 12.7. The van der Waals surface area contributed by atoms with E-state index in [1.165, 1.54) is 12.1 Å². The minimum atomic E-state index is -2.58. The summed E-state index contributed by atoms with van der Waals surface area (Å²) in [6.07, 6.45) is 0.251. The molecular weight excluding hydrogens is 225 g/mol. The molecule has 0 spiro atoms. The van der Waals surface area contributed by atoms with Crippen molar-refractivity contribution in [3.63, 3.8) is 0 Å². The fourth-order valence-corrected chi connectivity index (χ4v) is 1.33. The van der Waals surface area contributed by atoms with E-state index in [0.29, 0.717) is 0 Å². The van der Waals surface area contributed by atoms with Crippen molar-refractivity contribution < 1.29 is 18.1 Å². The molecule has 2 atom stereocenters. The van der Waals surface area contributed by atoms with Crippen molar-refractivity contribution in [2.45, 2.75) is 12.6 Å². The lowest BCUT2D eigenvalue weighted by Crippen LogP contribution is -2.19. The second kappa shape index (κ2) is 4.48. The number of hydrogen-bond donors (Lipinski definition) is 2. The van der Waals surface area contributed by atoms with Crippen LogP contribution in [-0.2, 0) is 4.79 Å². The summed E-state index contributed by atoms with van der Waals surface area (Å²) in [5.41, 5.74) is 0.0499. The predicted molar refractivity (Wildman–Crippen MR) is 59.3 cm³/mol. The van der Waals surface area contributed by atoms with Crippen molar-refractivity contribution in [3.05, 3.63) is 23.9 Å². The van der Waals surface area contributed by atoms with E-state index in [1.54, 1.807) is 0 Å². The third-order valence-electron chi connectivity index (χ3n) is 2.44. The number of carbonyl (C=O) groups excluding carboxylic acids is 2. The zero-order valence-corrected chi connectivity index (χ0v) is 8.74. The Hall–Kier alpha value is -1.98. The molecule has 6 heteroatoms. The van der Waals surface area contributed by atoms with Gasteiger partial charge in [-0.2, -0.15) is 0 Å². The molecule has 2 amide bonds. The van der Waals surface area contributed by atoms with Crippen LogP contribution in [0.5, 0.6) is 0 Å². The van der Waals surface area contributed by atoms with Gasteiger partial charge in [-0.25, -0.2) is 9.37 Å². The van der Waals surface area contributed by atoms with Gasteiger partial charge >= 0.3 is 0 Å². The normalized spacial score (nSPS) is 25.1. The summed E-state index contributed by atoms with van der Waals surface area (Å²) in [4.78, 5) is 26.8. The molecule has 1 heterocycles. The number of nitrogens with zero attached hydrogens (tertiary/aromatic N) is 1. The summed E-state index contributed by atoms with van der Waals surface area (Å²) in [7, 11) is 0. The Morgan fingerprint density at radius 1 is 1.59 bits per heavy atom. The number of alkyl halides is 1. The second-order valence-electron chi connectivity index (χ2n) is 3.73. The number of amides is 2. The standard InChI is InChI=1S/C11H12FN3O2/c1-13-10(16)6-2-3-9(14-5-6)15-11(17)7-4-8(7)12/h2-3,5,7-8H,4H2,1H3,(H,13,16)(H,14,15,17)/t7-,8+/m1/s1/i1D3. The quantitative estimate of drug-likeness (QED) is 0.818. The van der Waals surface area contributed by atoms with Crippen LogP contribution in [0.15, 0.2) is 18.3 Å². The molecule has 2 N–H and O–H groups in total. The minimum absolute atomic E-state index is 0.0499. The van der Waals surface area contributed by atoms with Gasteiger partial charge < -0.3 is 10.6 Å². The molecule has 1 saturated carbocycles. The van der Waals surface area contributed by atoms with Gasteiger partial charge in [-0.1, -0.05) is 0 Å². The highest BCUT2D eigenvalue weighted by Crippen LogP contribution is 2.34. The van der Waals surface area contributed by atoms with Gasteiger partial charge in [0.05, 0.1) is 11.5 Å². The third-order valence-corrected chi connectivity index (χ3v) is 2.44. The number of anilines is 1. The maximum absolute atomic E-state index is 12.7. The fourth-order valence-electron chi connectivity index (χ4n) is 1.33. The van der Waals surface area contributed by atoms with Crippen molar-refractivity contribution in [2.75, 3.05) is 12.3 Å². The molecule has 90 valence electrons. The van der Waals surface area contributed by atoms with E-state index >= 15 is 0 Å². The van der Waals surface area contributed by atoms with E-state index in [0.717, 1.165) is 6.20 Å². The molecule has 0 bridgehead atoms. The average molecular weight is 240 g/mol. The van der Waals surface area contributed by atoms with Gasteiger partial charge in [-0.3, -0.25) is 9.59 Å². The van der Waals surface area contributed by atoms with Crippen molar-refractivity contribution >= 4 is 17.6 Å². The van der Waals surface area contributed by atoms with Crippen molar-refractivity contribution in [1.29, 1.82) is 0 Å². The zero-order chi connectivity index (χ0) is 14.9. The number of halogens is 1. The van der Waals surface area contributed by atoms with Gasteiger partial charge in [0.1, 0.15) is 12.0 Å². The summed E-state index contributed by atoms with van der Waals surface area (Å²) in [5, 5.41) is 4.23. The lowest BCUT2D eigenvalue weighted by molar-refractivity contribution is -0.117. The van der Waals surface area contributed by atoms with Crippen LogP contribution < -0.4 is 10.6 Å². The molecular formula is C11H12FN3O2. The van der Waals surface area contributed by atoms with Crippen molar-refractivity contribution in [2.24, 2.45) is 5.92 Å². The molecule has 0 aliphatic heterocycles. The molecule has 1 aromatic heterocycles. The van der Waals surface area contributed by atoms with Crippen LogP contribution in [0.2, 0.25) is 0 Å². The van der Waals surface area contributed by atoms with Gasteiger partial charge in [0.15, 0.2) is 0 Å². The smallest absolute Gasteiger partial charge is 0.252 e. The molecule has 0 radical (unpaired) electrons. The van der Waals surface area contributed by atoms with Gasteiger partial charge in [0.25, 0.3) is 5.91 Å². The molecule has 0 unspecified atom stereocenters. The Kier molecular flexibility index (Phi) is 2.15. The van der Waals surface area contributed by atoms with Gasteiger partial charge in [-0.05, 0) is 18.6 Å². The monoisotopic (exact) mass is 240 g/mol. The Bertz CT molecular complexity index is 533. The molecule has 1 aliphatic carbocycles. The molecule has 5 nitrogen and oxygen atoms in total. The zero-order valence-electron chi connectivity index (χ0n) is 11.7. The Morgan fingerprint density at radius 3 is 2.88 bits per heavy atom.